The Balaban J connectivity index is 1.58. The third kappa shape index (κ3) is 5.49. The van der Waals surface area contributed by atoms with Crippen molar-refractivity contribution in [2.24, 2.45) is 0 Å². The number of esters is 1. The monoisotopic (exact) mass is 484 g/mol. The molecule has 0 aliphatic rings. The van der Waals surface area contributed by atoms with Crippen LogP contribution >= 0.6 is 11.3 Å². The Hall–Kier alpha value is -3.77. The van der Waals surface area contributed by atoms with Gasteiger partial charge < -0.3 is 4.74 Å². The summed E-state index contributed by atoms with van der Waals surface area (Å²) < 4.78 is 5.17. The van der Waals surface area contributed by atoms with Gasteiger partial charge in [0.1, 0.15) is 0 Å². The molecule has 0 unspecified atom stereocenters. The van der Waals surface area contributed by atoms with Gasteiger partial charge in [0.25, 0.3) is 5.91 Å². The van der Waals surface area contributed by atoms with E-state index >= 15 is 0 Å². The number of carbonyl (C=O) groups excluding carboxylic acids is 2. The molecule has 0 fully saturated rings. The molecule has 0 aliphatic carbocycles. The number of rotatable bonds is 6. The van der Waals surface area contributed by atoms with E-state index in [4.69, 9.17) is 4.74 Å². The molecular weight excluding hydrogens is 456 g/mol. The lowest BCUT2D eigenvalue weighted by atomic mass is 9.86. The van der Waals surface area contributed by atoms with Crippen LogP contribution in [0.2, 0.25) is 0 Å². The molecule has 0 atom stereocenters. The number of amides is 1. The standard InChI is InChI=1S/C29H28N2O3S/c1-5-34-27(33)24-13-9-7-11-22(24)25-18-35-28(30-25)31-26(32)23-12-8-6-10-21(23)19-14-16-20(17-15-19)29(2,3)4/h6-18H,5H2,1-4H3,(H,30,31,32). The minimum atomic E-state index is -0.395. The van der Waals surface area contributed by atoms with Crippen molar-refractivity contribution in [3.8, 4) is 22.4 Å². The molecular formula is C29H28N2O3S. The van der Waals surface area contributed by atoms with Crippen molar-refractivity contribution in [2.45, 2.75) is 33.1 Å². The highest BCUT2D eigenvalue weighted by molar-refractivity contribution is 7.14. The number of carbonyl (C=O) groups is 2. The van der Waals surface area contributed by atoms with Crippen molar-refractivity contribution >= 4 is 28.3 Å². The lowest BCUT2D eigenvalue weighted by molar-refractivity contribution is 0.0527. The lowest BCUT2D eigenvalue weighted by Gasteiger charge is -2.19. The quantitative estimate of drug-likeness (QED) is 0.294. The fourth-order valence-corrected chi connectivity index (χ4v) is 4.50. The number of thiazole rings is 1. The van der Waals surface area contributed by atoms with E-state index in [1.807, 2.05) is 41.8 Å². The third-order valence-corrected chi connectivity index (χ3v) is 6.41. The van der Waals surface area contributed by atoms with E-state index < -0.39 is 5.97 Å². The molecule has 6 heteroatoms. The lowest BCUT2D eigenvalue weighted by Crippen LogP contribution is -2.13. The summed E-state index contributed by atoms with van der Waals surface area (Å²) in [5, 5.41) is 5.20. The zero-order valence-corrected chi connectivity index (χ0v) is 21.1. The van der Waals surface area contributed by atoms with Crippen LogP contribution in [0, 0.1) is 0 Å². The zero-order valence-electron chi connectivity index (χ0n) is 20.3. The molecule has 4 rings (SSSR count). The summed E-state index contributed by atoms with van der Waals surface area (Å²) >= 11 is 1.31. The molecule has 0 bridgehead atoms. The molecule has 5 nitrogen and oxygen atoms in total. The van der Waals surface area contributed by atoms with Crippen molar-refractivity contribution in [3.05, 3.63) is 94.9 Å². The molecule has 0 spiro atoms. The highest BCUT2D eigenvalue weighted by atomic mass is 32.1. The van der Waals surface area contributed by atoms with Crippen LogP contribution in [0.3, 0.4) is 0 Å². The number of anilines is 1. The summed E-state index contributed by atoms with van der Waals surface area (Å²) in [5.41, 5.74) is 5.43. The number of nitrogens with one attached hydrogen (secondary N) is 1. The van der Waals surface area contributed by atoms with Gasteiger partial charge in [-0.2, -0.15) is 0 Å². The molecule has 1 amide bonds. The Kier molecular flexibility index (Phi) is 7.12. The van der Waals surface area contributed by atoms with Gasteiger partial charge in [-0.25, -0.2) is 9.78 Å². The molecule has 1 N–H and O–H groups in total. The van der Waals surface area contributed by atoms with Gasteiger partial charge in [0.15, 0.2) is 5.13 Å². The number of aromatic nitrogens is 1. The van der Waals surface area contributed by atoms with Crippen LogP contribution in [0.4, 0.5) is 5.13 Å². The SMILES string of the molecule is CCOC(=O)c1ccccc1-c1csc(NC(=O)c2ccccc2-c2ccc(C(C)(C)C)cc2)n1. The summed E-state index contributed by atoms with van der Waals surface area (Å²) in [6, 6.07) is 23.0. The first-order chi connectivity index (χ1) is 16.8. The van der Waals surface area contributed by atoms with Crippen molar-refractivity contribution < 1.29 is 14.3 Å². The fraction of sp³-hybridized carbons (Fsp3) is 0.207. The second kappa shape index (κ2) is 10.2. The van der Waals surface area contributed by atoms with Crippen LogP contribution in [0.5, 0.6) is 0 Å². The van der Waals surface area contributed by atoms with Crippen molar-refractivity contribution in [2.75, 3.05) is 11.9 Å². The second-order valence-corrected chi connectivity index (χ2v) is 9.99. The highest BCUT2D eigenvalue weighted by Gasteiger charge is 2.19. The number of ether oxygens (including phenoxy) is 1. The molecule has 0 radical (unpaired) electrons. The van der Waals surface area contributed by atoms with E-state index in [1.54, 1.807) is 19.1 Å². The molecule has 4 aromatic rings. The predicted octanol–water partition coefficient (Wildman–Crippen LogP) is 7.20. The van der Waals surface area contributed by atoms with E-state index in [0.29, 0.717) is 34.1 Å². The Bertz CT molecular complexity index is 1350. The van der Waals surface area contributed by atoms with Gasteiger partial charge in [0.2, 0.25) is 0 Å². The van der Waals surface area contributed by atoms with Crippen LogP contribution in [-0.2, 0) is 10.2 Å². The molecule has 0 saturated carbocycles. The topological polar surface area (TPSA) is 68.3 Å². The zero-order chi connectivity index (χ0) is 25.0. The van der Waals surface area contributed by atoms with Crippen LogP contribution in [0.15, 0.2) is 78.2 Å². The number of benzene rings is 3. The molecule has 1 heterocycles. The van der Waals surface area contributed by atoms with E-state index in [0.717, 1.165) is 11.1 Å². The van der Waals surface area contributed by atoms with Crippen molar-refractivity contribution in [3.63, 3.8) is 0 Å². The minimum absolute atomic E-state index is 0.0594. The highest BCUT2D eigenvalue weighted by Crippen LogP contribution is 2.31. The van der Waals surface area contributed by atoms with Crippen LogP contribution in [0.1, 0.15) is 54.0 Å². The molecule has 35 heavy (non-hydrogen) atoms. The maximum absolute atomic E-state index is 13.2. The Morgan fingerprint density at radius 2 is 1.51 bits per heavy atom. The Morgan fingerprint density at radius 1 is 0.886 bits per heavy atom. The minimum Gasteiger partial charge on any atom is -0.462 e. The van der Waals surface area contributed by atoms with Gasteiger partial charge in [-0.05, 0) is 41.2 Å². The first kappa shape index (κ1) is 24.4. The first-order valence-corrected chi connectivity index (χ1v) is 12.4. The Morgan fingerprint density at radius 3 is 2.17 bits per heavy atom. The number of nitrogens with zero attached hydrogens (tertiary/aromatic N) is 1. The number of hydrogen-bond donors (Lipinski definition) is 1. The molecule has 178 valence electrons. The summed E-state index contributed by atoms with van der Waals surface area (Å²) in [5.74, 6) is -0.631. The van der Waals surface area contributed by atoms with E-state index in [1.165, 1.54) is 16.9 Å². The molecule has 1 aromatic heterocycles. The fourth-order valence-electron chi connectivity index (χ4n) is 3.80. The van der Waals surface area contributed by atoms with Gasteiger partial charge in [-0.3, -0.25) is 10.1 Å². The van der Waals surface area contributed by atoms with Gasteiger partial charge in [0, 0.05) is 16.5 Å². The van der Waals surface area contributed by atoms with Gasteiger partial charge in [-0.1, -0.05) is 81.4 Å². The maximum Gasteiger partial charge on any atom is 0.338 e. The summed E-state index contributed by atoms with van der Waals surface area (Å²) in [4.78, 5) is 30.1. The van der Waals surface area contributed by atoms with E-state index in [9.17, 15) is 9.59 Å². The molecule has 0 saturated heterocycles. The molecule has 3 aromatic carbocycles. The third-order valence-electron chi connectivity index (χ3n) is 5.66. The second-order valence-electron chi connectivity index (χ2n) is 9.13. The summed E-state index contributed by atoms with van der Waals surface area (Å²) in [7, 11) is 0. The van der Waals surface area contributed by atoms with Gasteiger partial charge in [0.05, 0.1) is 17.9 Å². The normalized spacial score (nSPS) is 11.2. The smallest absolute Gasteiger partial charge is 0.338 e. The largest absolute Gasteiger partial charge is 0.462 e. The van der Waals surface area contributed by atoms with Gasteiger partial charge in [-0.15, -0.1) is 11.3 Å². The van der Waals surface area contributed by atoms with E-state index in [-0.39, 0.29) is 11.3 Å². The van der Waals surface area contributed by atoms with Crippen molar-refractivity contribution in [1.29, 1.82) is 0 Å². The predicted molar refractivity (Wildman–Crippen MR) is 142 cm³/mol. The van der Waals surface area contributed by atoms with Crippen LogP contribution in [0.25, 0.3) is 22.4 Å². The average Bonchev–Trinajstić information content (AvgIpc) is 3.32. The van der Waals surface area contributed by atoms with Crippen LogP contribution < -0.4 is 5.32 Å². The summed E-state index contributed by atoms with van der Waals surface area (Å²) in [6.45, 7) is 8.60. The van der Waals surface area contributed by atoms with Crippen LogP contribution in [-0.4, -0.2) is 23.5 Å². The Labute approximate surface area is 209 Å². The van der Waals surface area contributed by atoms with Gasteiger partial charge >= 0.3 is 5.97 Å². The average molecular weight is 485 g/mol. The van der Waals surface area contributed by atoms with E-state index in [2.05, 4.69) is 55.3 Å². The maximum atomic E-state index is 13.2. The summed E-state index contributed by atoms with van der Waals surface area (Å²) in [6.07, 6.45) is 0. The van der Waals surface area contributed by atoms with Crippen molar-refractivity contribution in [1.82, 2.24) is 4.98 Å². The first-order valence-electron chi connectivity index (χ1n) is 11.5. The molecule has 0 aliphatic heterocycles. The number of hydrogen-bond acceptors (Lipinski definition) is 5.